The number of amides is 3. The van der Waals surface area contributed by atoms with Crippen LogP contribution in [-0.4, -0.2) is 76.9 Å². The molecule has 56 heavy (non-hydrogen) atoms. The largest absolute Gasteiger partial charge is 0.493 e. The molecule has 2 fully saturated rings. The van der Waals surface area contributed by atoms with Gasteiger partial charge in [0.05, 0.1) is 25.3 Å². The van der Waals surface area contributed by atoms with Gasteiger partial charge >= 0.3 is 0 Å². The smallest absolute Gasteiger partial charge is 0.255 e. The Morgan fingerprint density at radius 1 is 0.982 bits per heavy atom. The van der Waals surface area contributed by atoms with Gasteiger partial charge in [-0.1, -0.05) is 47.3 Å². The van der Waals surface area contributed by atoms with E-state index in [0.29, 0.717) is 29.5 Å². The van der Waals surface area contributed by atoms with Gasteiger partial charge < -0.3 is 24.6 Å². The third-order valence-corrected chi connectivity index (χ3v) is 11.8. The van der Waals surface area contributed by atoms with Crippen molar-refractivity contribution < 1.29 is 28.2 Å². The van der Waals surface area contributed by atoms with Gasteiger partial charge in [-0.15, -0.1) is 0 Å². The number of aryl methyl sites for hydroxylation is 1. The molecule has 2 saturated heterocycles. The maximum absolute atomic E-state index is 14.8. The van der Waals surface area contributed by atoms with Crippen molar-refractivity contribution in [3.05, 3.63) is 86.9 Å². The van der Waals surface area contributed by atoms with Crippen LogP contribution in [0.2, 0.25) is 0 Å². The molecule has 1 unspecified atom stereocenters. The van der Waals surface area contributed by atoms with Crippen LogP contribution in [-0.2, 0) is 16.1 Å². The number of likely N-dealkylation sites (tertiary alicyclic amines) is 1. The molecular formula is C43H50BrFN6O5. The summed E-state index contributed by atoms with van der Waals surface area (Å²) in [5.41, 5.74) is 4.00. The van der Waals surface area contributed by atoms with Crippen molar-refractivity contribution in [3.63, 3.8) is 0 Å². The van der Waals surface area contributed by atoms with Crippen molar-refractivity contribution >= 4 is 50.4 Å². The predicted molar refractivity (Wildman–Crippen MR) is 216 cm³/mol. The first-order valence-corrected chi connectivity index (χ1v) is 20.6. The van der Waals surface area contributed by atoms with E-state index in [2.05, 4.69) is 55.5 Å². The maximum Gasteiger partial charge on any atom is 0.255 e. The summed E-state index contributed by atoms with van der Waals surface area (Å²) in [5.74, 6) is 1.38. The zero-order valence-corrected chi connectivity index (χ0v) is 33.9. The number of nitrogens with zero attached hydrogens (tertiary/aromatic N) is 4. The first kappa shape index (κ1) is 39.6. The van der Waals surface area contributed by atoms with Gasteiger partial charge in [-0.2, -0.15) is 0 Å². The number of rotatable bonds is 15. The van der Waals surface area contributed by atoms with E-state index in [0.717, 1.165) is 102 Å². The lowest BCUT2D eigenvalue weighted by molar-refractivity contribution is -0.136. The lowest BCUT2D eigenvalue weighted by atomic mass is 9.85. The fourth-order valence-corrected chi connectivity index (χ4v) is 8.75. The van der Waals surface area contributed by atoms with Crippen molar-refractivity contribution in [3.8, 4) is 11.5 Å². The molecule has 1 aromatic heterocycles. The Bertz CT molecular complexity index is 2110. The molecule has 0 bridgehead atoms. The van der Waals surface area contributed by atoms with Crippen molar-refractivity contribution in [2.45, 2.75) is 96.2 Å². The Hall–Kier alpha value is -4.62. The molecule has 13 heteroatoms. The molecule has 3 aromatic carbocycles. The van der Waals surface area contributed by atoms with E-state index in [1.807, 2.05) is 31.2 Å². The van der Waals surface area contributed by atoms with Gasteiger partial charge in [0.15, 0.2) is 11.5 Å². The molecule has 0 aliphatic carbocycles. The minimum atomic E-state index is -0.708. The summed E-state index contributed by atoms with van der Waals surface area (Å²) in [6.45, 7) is 7.73. The summed E-state index contributed by atoms with van der Waals surface area (Å²) in [6.07, 6.45) is 7.64. The lowest BCUT2D eigenvalue weighted by Crippen LogP contribution is -2.52. The van der Waals surface area contributed by atoms with E-state index in [1.165, 1.54) is 11.0 Å². The Balaban J connectivity index is 0.849. The molecule has 296 valence electrons. The lowest BCUT2D eigenvalue weighted by Gasteiger charge is -2.33. The zero-order valence-electron chi connectivity index (χ0n) is 32.3. The number of carbonyl (C=O) groups is 3. The van der Waals surface area contributed by atoms with Gasteiger partial charge in [-0.05, 0) is 119 Å². The molecule has 4 aromatic rings. The van der Waals surface area contributed by atoms with E-state index in [1.54, 1.807) is 13.2 Å². The van der Waals surface area contributed by atoms with Gasteiger partial charge in [0, 0.05) is 34.5 Å². The van der Waals surface area contributed by atoms with Crippen molar-refractivity contribution in [1.29, 1.82) is 0 Å². The number of piperidine rings is 2. The number of anilines is 1. The van der Waals surface area contributed by atoms with Gasteiger partial charge in [0.1, 0.15) is 23.5 Å². The summed E-state index contributed by atoms with van der Waals surface area (Å²) in [5, 5.41) is 6.79. The first-order chi connectivity index (χ1) is 27.1. The van der Waals surface area contributed by atoms with Crippen molar-refractivity contribution in [2.24, 2.45) is 0 Å². The second-order valence-electron chi connectivity index (χ2n) is 15.2. The summed E-state index contributed by atoms with van der Waals surface area (Å²) in [4.78, 5) is 50.9. The number of unbranched alkanes of at least 4 members (excludes halogenated alkanes) is 4. The number of fused-ring (bicyclic) bond motifs is 2. The van der Waals surface area contributed by atoms with E-state index >= 15 is 0 Å². The highest BCUT2D eigenvalue weighted by atomic mass is 79.9. The van der Waals surface area contributed by atoms with Gasteiger partial charge in [0.2, 0.25) is 11.8 Å². The third kappa shape index (κ3) is 8.99. The molecule has 3 amide bonds. The fourth-order valence-electron chi connectivity index (χ4n) is 8.33. The van der Waals surface area contributed by atoms with Crippen LogP contribution >= 0.6 is 15.9 Å². The number of halogens is 2. The Labute approximate surface area is 335 Å². The summed E-state index contributed by atoms with van der Waals surface area (Å²) < 4.78 is 27.8. The number of ether oxygens (including phenoxy) is 2. The van der Waals surface area contributed by atoms with Crippen LogP contribution in [0.15, 0.2) is 53.0 Å². The summed E-state index contributed by atoms with van der Waals surface area (Å²) in [7, 11) is 1.65. The molecule has 2 atom stereocenters. The predicted octanol–water partition coefficient (Wildman–Crippen LogP) is 7.99. The number of nitrogens with one attached hydrogen (secondary N) is 2. The zero-order chi connectivity index (χ0) is 39.3. The number of hydrogen-bond acceptors (Lipinski definition) is 9. The molecule has 7 rings (SSSR count). The van der Waals surface area contributed by atoms with E-state index in [4.69, 9.17) is 14.5 Å². The highest BCUT2D eigenvalue weighted by molar-refractivity contribution is 9.10. The van der Waals surface area contributed by atoms with E-state index in [-0.39, 0.29) is 43.2 Å². The monoisotopic (exact) mass is 828 g/mol. The molecule has 3 aliphatic rings. The first-order valence-electron chi connectivity index (χ1n) is 19.8. The number of aromatic nitrogens is 2. The maximum atomic E-state index is 14.8. The number of carbonyl (C=O) groups excluding carboxylic acids is 3. The van der Waals surface area contributed by atoms with Crippen LogP contribution in [0.3, 0.4) is 0 Å². The highest BCUT2D eigenvalue weighted by Crippen LogP contribution is 2.39. The van der Waals surface area contributed by atoms with E-state index < -0.39 is 17.8 Å². The molecule has 3 aliphatic heterocycles. The van der Waals surface area contributed by atoms with Crippen LogP contribution < -0.4 is 20.1 Å². The van der Waals surface area contributed by atoms with Gasteiger partial charge in [-0.3, -0.25) is 19.7 Å². The van der Waals surface area contributed by atoms with Crippen LogP contribution in [0.25, 0.3) is 10.9 Å². The van der Waals surface area contributed by atoms with Gasteiger partial charge in [-0.25, -0.2) is 14.4 Å². The third-order valence-electron chi connectivity index (χ3n) is 11.4. The molecule has 4 heterocycles. The summed E-state index contributed by atoms with van der Waals surface area (Å²) in [6, 6.07) is 14.3. The second-order valence-corrected chi connectivity index (χ2v) is 16.1. The number of hydrogen-bond donors (Lipinski definition) is 2. The fraction of sp³-hybridized carbons (Fsp3) is 0.465. The Kier molecular flexibility index (Phi) is 12.5. The quantitative estimate of drug-likeness (QED) is 0.0906. The Morgan fingerprint density at radius 3 is 2.54 bits per heavy atom. The molecule has 0 spiro atoms. The van der Waals surface area contributed by atoms with Crippen LogP contribution in [0.4, 0.5) is 10.2 Å². The minimum Gasteiger partial charge on any atom is -0.493 e. The second kappa shape index (κ2) is 17.7. The van der Waals surface area contributed by atoms with Crippen molar-refractivity contribution in [1.82, 2.24) is 25.1 Å². The molecule has 0 saturated carbocycles. The molecule has 11 nitrogen and oxygen atoms in total. The van der Waals surface area contributed by atoms with Crippen LogP contribution in [0, 0.1) is 12.7 Å². The van der Waals surface area contributed by atoms with E-state index in [9.17, 15) is 18.8 Å². The standard InChI is InChI=1S/C43H50BrFN6O5/c1-26(29-10-9-11-30(44)20-29)46-41-34-23-39(38(55-3)24-36(34)47-27(2)48-41)56-19-8-6-4-5-7-16-50-17-14-28(15-18-50)32-21-31(45)22-33-35(32)25-51(43(33)54)37-12-13-40(52)49-42(37)53/h9-11,20-24,26,28,37H,4-8,12-19,25H2,1-3H3,(H,46,47,48)(H,49,52,53)/t26-,37?/m1/s1. The summed E-state index contributed by atoms with van der Waals surface area (Å²) >= 11 is 3.57. The average molecular weight is 830 g/mol. The molecule has 0 radical (unpaired) electrons. The average Bonchev–Trinajstić information content (AvgIpc) is 3.50. The Morgan fingerprint density at radius 2 is 1.77 bits per heavy atom. The van der Waals surface area contributed by atoms with Gasteiger partial charge in [0.25, 0.3) is 5.91 Å². The van der Waals surface area contributed by atoms with Crippen LogP contribution in [0.1, 0.15) is 110 Å². The number of benzene rings is 3. The molecule has 2 N–H and O–H groups in total. The minimum absolute atomic E-state index is 0.0269. The SMILES string of the molecule is COc1cc2nc(C)nc(N[C@H](C)c3cccc(Br)c3)c2cc1OCCCCCCCN1CCC(c2cc(F)cc3c2CN(C2CCC(=O)NC2=O)C3=O)CC1. The molecular weight excluding hydrogens is 779 g/mol. The topological polar surface area (TPSA) is 126 Å². The number of imide groups is 1. The normalized spacial score (nSPS) is 18.3. The highest BCUT2D eigenvalue weighted by Gasteiger charge is 2.41. The number of methoxy groups -OCH3 is 1. The van der Waals surface area contributed by atoms with Crippen LogP contribution in [0.5, 0.6) is 11.5 Å². The van der Waals surface area contributed by atoms with Crippen molar-refractivity contribution in [2.75, 3.05) is 38.7 Å².